The lowest BCUT2D eigenvalue weighted by Gasteiger charge is -2.38. The Morgan fingerprint density at radius 1 is 1.10 bits per heavy atom. The van der Waals surface area contributed by atoms with Crippen molar-refractivity contribution < 1.29 is 14.4 Å². The quantitative estimate of drug-likeness (QED) is 0.560. The molecule has 6 nitrogen and oxygen atoms in total. The van der Waals surface area contributed by atoms with Gasteiger partial charge in [0.2, 0.25) is 5.91 Å². The van der Waals surface area contributed by atoms with Crippen LogP contribution in [0.25, 0.3) is 10.1 Å². The van der Waals surface area contributed by atoms with Gasteiger partial charge < -0.3 is 15.5 Å². The Labute approximate surface area is 185 Å². The second-order valence-electron chi connectivity index (χ2n) is 7.66. The van der Waals surface area contributed by atoms with Crippen LogP contribution < -0.4 is 10.6 Å². The van der Waals surface area contributed by atoms with E-state index in [1.165, 1.54) is 4.90 Å². The topological polar surface area (TPSA) is 78.5 Å². The molecule has 1 fully saturated rings. The lowest BCUT2D eigenvalue weighted by molar-refractivity contribution is -0.154. The van der Waals surface area contributed by atoms with E-state index in [2.05, 4.69) is 10.6 Å². The van der Waals surface area contributed by atoms with E-state index >= 15 is 0 Å². The highest BCUT2D eigenvalue weighted by Gasteiger charge is 2.44. The summed E-state index contributed by atoms with van der Waals surface area (Å²) < 4.78 is 1.15. The summed E-state index contributed by atoms with van der Waals surface area (Å²) in [4.78, 5) is 40.4. The van der Waals surface area contributed by atoms with Crippen molar-refractivity contribution in [1.82, 2.24) is 15.5 Å². The molecule has 0 aliphatic carbocycles. The third-order valence-electron chi connectivity index (χ3n) is 5.47. The van der Waals surface area contributed by atoms with Crippen LogP contribution >= 0.6 is 11.3 Å². The van der Waals surface area contributed by atoms with Crippen LogP contribution in [-0.4, -0.2) is 41.2 Å². The Balaban J connectivity index is 1.50. The summed E-state index contributed by atoms with van der Waals surface area (Å²) in [5, 5.41) is 8.73. The number of carbonyl (C=O) groups is 3. The molecule has 1 aliphatic heterocycles. The van der Waals surface area contributed by atoms with Crippen molar-refractivity contribution >= 4 is 39.1 Å². The van der Waals surface area contributed by atoms with E-state index in [4.69, 9.17) is 0 Å². The molecule has 1 saturated heterocycles. The minimum Gasteiger partial charge on any atom is -0.350 e. The van der Waals surface area contributed by atoms with Crippen LogP contribution in [0.1, 0.15) is 24.5 Å². The van der Waals surface area contributed by atoms with E-state index < -0.39 is 23.9 Å². The predicted molar refractivity (Wildman–Crippen MR) is 122 cm³/mol. The van der Waals surface area contributed by atoms with Crippen molar-refractivity contribution in [3.05, 3.63) is 71.1 Å². The summed E-state index contributed by atoms with van der Waals surface area (Å²) in [5.74, 6) is -1.10. The second kappa shape index (κ2) is 9.31. The molecular formula is C24H25N3O3S. The zero-order valence-electron chi connectivity index (χ0n) is 17.3. The third kappa shape index (κ3) is 4.46. The number of rotatable bonds is 7. The molecule has 0 spiro atoms. The fraction of sp³-hybridized carbons (Fsp3) is 0.292. The monoisotopic (exact) mass is 435 g/mol. The molecule has 2 unspecified atom stereocenters. The van der Waals surface area contributed by atoms with Gasteiger partial charge in [0, 0.05) is 24.2 Å². The van der Waals surface area contributed by atoms with Crippen LogP contribution in [0.5, 0.6) is 0 Å². The number of hydrogen-bond donors (Lipinski definition) is 2. The second-order valence-corrected chi connectivity index (χ2v) is 8.57. The predicted octanol–water partition coefficient (Wildman–Crippen LogP) is 2.87. The van der Waals surface area contributed by atoms with Gasteiger partial charge in [-0.1, -0.05) is 55.5 Å². The van der Waals surface area contributed by atoms with Crippen LogP contribution in [0.4, 0.5) is 0 Å². The van der Waals surface area contributed by atoms with E-state index in [9.17, 15) is 14.4 Å². The van der Waals surface area contributed by atoms with Gasteiger partial charge in [-0.25, -0.2) is 0 Å². The summed E-state index contributed by atoms with van der Waals surface area (Å²) in [5.41, 5.74) is 1.96. The molecular weight excluding hydrogens is 410 g/mol. The van der Waals surface area contributed by atoms with Gasteiger partial charge in [0.15, 0.2) is 6.04 Å². The lowest BCUT2D eigenvalue weighted by Crippen LogP contribution is -2.67. The van der Waals surface area contributed by atoms with Crippen LogP contribution in [0.2, 0.25) is 0 Å². The fourth-order valence-corrected chi connectivity index (χ4v) is 4.93. The van der Waals surface area contributed by atoms with Gasteiger partial charge in [0.1, 0.15) is 6.04 Å². The Bertz CT molecular complexity index is 1100. The summed E-state index contributed by atoms with van der Waals surface area (Å²) >= 11 is 1.62. The Morgan fingerprint density at radius 2 is 1.84 bits per heavy atom. The first-order chi connectivity index (χ1) is 15.1. The van der Waals surface area contributed by atoms with Crippen molar-refractivity contribution in [2.75, 3.05) is 6.54 Å². The molecule has 3 aromatic rings. The molecule has 0 bridgehead atoms. The minimum atomic E-state index is -1.15. The molecule has 2 heterocycles. The highest BCUT2D eigenvalue weighted by atomic mass is 32.1. The maximum atomic E-state index is 13.2. The van der Waals surface area contributed by atoms with Crippen LogP contribution in [-0.2, 0) is 27.3 Å². The van der Waals surface area contributed by atoms with Crippen molar-refractivity contribution in [1.29, 1.82) is 0 Å². The van der Waals surface area contributed by atoms with E-state index in [0.29, 0.717) is 25.9 Å². The molecule has 2 N–H and O–H groups in total. The van der Waals surface area contributed by atoms with E-state index in [1.54, 1.807) is 11.3 Å². The van der Waals surface area contributed by atoms with Gasteiger partial charge in [-0.05, 0) is 34.4 Å². The molecule has 3 amide bonds. The molecule has 160 valence electrons. The number of fused-ring (bicyclic) bond motifs is 1. The van der Waals surface area contributed by atoms with E-state index in [-0.39, 0.29) is 5.91 Å². The smallest absolute Gasteiger partial charge is 0.253 e. The first-order valence-corrected chi connectivity index (χ1v) is 11.3. The van der Waals surface area contributed by atoms with Gasteiger partial charge in [-0.15, -0.1) is 11.3 Å². The van der Waals surface area contributed by atoms with Crippen molar-refractivity contribution in [2.24, 2.45) is 0 Å². The van der Waals surface area contributed by atoms with Crippen molar-refractivity contribution in [3.8, 4) is 0 Å². The number of carbonyl (C=O) groups excluding carboxylic acids is 3. The molecule has 1 aliphatic rings. The van der Waals surface area contributed by atoms with Crippen molar-refractivity contribution in [3.63, 3.8) is 0 Å². The van der Waals surface area contributed by atoms with Gasteiger partial charge >= 0.3 is 0 Å². The van der Waals surface area contributed by atoms with Gasteiger partial charge in [0.25, 0.3) is 11.8 Å². The summed E-state index contributed by atoms with van der Waals surface area (Å²) in [6.07, 6.45) is 1.07. The molecule has 0 saturated carbocycles. The number of thiophene rings is 1. The number of nitrogens with one attached hydrogen (secondary N) is 2. The van der Waals surface area contributed by atoms with Crippen LogP contribution in [0, 0.1) is 0 Å². The fourth-order valence-electron chi connectivity index (χ4n) is 3.95. The largest absolute Gasteiger partial charge is 0.350 e. The maximum Gasteiger partial charge on any atom is 0.253 e. The van der Waals surface area contributed by atoms with Gasteiger partial charge in [-0.2, -0.15) is 0 Å². The minimum absolute atomic E-state index is 0.211. The molecule has 7 heteroatoms. The van der Waals surface area contributed by atoms with Crippen LogP contribution in [0.3, 0.4) is 0 Å². The van der Waals surface area contributed by atoms with Gasteiger partial charge in [-0.3, -0.25) is 14.4 Å². The highest BCUT2D eigenvalue weighted by Crippen LogP contribution is 2.27. The zero-order chi connectivity index (χ0) is 21.8. The maximum absolute atomic E-state index is 13.2. The van der Waals surface area contributed by atoms with E-state index in [1.807, 2.05) is 66.9 Å². The number of piperazine rings is 1. The number of hydrogen-bond acceptors (Lipinski definition) is 4. The number of amides is 3. The standard InChI is InChI=1S/C24H25N3O3S/c1-2-12-27-21(22(28)25-14-16-8-4-3-5-9-16)23(29)26-19(24(27)30)13-17-15-31-20-11-7-6-10-18(17)20/h3-11,15,19,21H,2,12-14H2,1H3,(H,25,28)(H,26,29). The average molecular weight is 436 g/mol. The first-order valence-electron chi connectivity index (χ1n) is 10.5. The molecule has 31 heavy (non-hydrogen) atoms. The molecule has 0 radical (unpaired) electrons. The van der Waals surface area contributed by atoms with Crippen molar-refractivity contribution in [2.45, 2.75) is 38.4 Å². The number of nitrogens with zero attached hydrogens (tertiary/aromatic N) is 1. The zero-order valence-corrected chi connectivity index (χ0v) is 18.2. The van der Waals surface area contributed by atoms with E-state index in [0.717, 1.165) is 21.2 Å². The summed E-state index contributed by atoms with van der Waals surface area (Å²) in [6, 6.07) is 15.7. The Hall–Kier alpha value is -3.19. The van der Waals surface area contributed by atoms with Crippen LogP contribution in [0.15, 0.2) is 60.0 Å². The molecule has 1 aromatic heterocycles. The Morgan fingerprint density at radius 3 is 2.61 bits per heavy atom. The Kier molecular flexibility index (Phi) is 6.32. The number of benzene rings is 2. The average Bonchev–Trinajstić information content (AvgIpc) is 3.19. The first kappa shape index (κ1) is 21.1. The van der Waals surface area contributed by atoms with Gasteiger partial charge in [0.05, 0.1) is 0 Å². The lowest BCUT2D eigenvalue weighted by atomic mass is 9.99. The normalized spacial score (nSPS) is 18.8. The highest BCUT2D eigenvalue weighted by molar-refractivity contribution is 7.17. The molecule has 2 aromatic carbocycles. The molecule has 2 atom stereocenters. The summed E-state index contributed by atoms with van der Waals surface area (Å²) in [6.45, 7) is 2.60. The third-order valence-corrected chi connectivity index (χ3v) is 6.48. The molecule has 4 rings (SSSR count). The summed E-state index contributed by atoms with van der Waals surface area (Å²) in [7, 11) is 0. The SMILES string of the molecule is CCCN1C(=O)C(Cc2csc3ccccc23)NC(=O)C1C(=O)NCc1ccccc1.